The molecule has 1 unspecified atom stereocenters. The van der Waals surface area contributed by atoms with Crippen LogP contribution in [0.4, 0.5) is 0 Å². The number of phosphoric ester groups is 2. The van der Waals surface area contributed by atoms with E-state index in [1.54, 1.807) is 0 Å². The average Bonchev–Trinajstić information content (AvgIpc) is 3.14. The molecule has 0 aromatic heterocycles. The van der Waals surface area contributed by atoms with Crippen LogP contribution in [0.25, 0.3) is 0 Å². The van der Waals surface area contributed by atoms with E-state index in [1.165, 1.54) is 51.4 Å². The van der Waals surface area contributed by atoms with Crippen LogP contribution in [0.15, 0.2) is 0 Å². The number of hydrogen-bond donors (Lipinski definition) is 8. The lowest BCUT2D eigenvalue weighted by atomic mass is 9.85. The minimum absolute atomic E-state index is 0.0458. The van der Waals surface area contributed by atoms with Crippen molar-refractivity contribution in [1.29, 1.82) is 0 Å². The quantitative estimate of drug-likeness (QED) is 0.0230. The molecular formula is C37H73NO16P2. The van der Waals surface area contributed by atoms with Crippen molar-refractivity contribution in [2.24, 2.45) is 5.73 Å². The molecule has 0 spiro atoms. The van der Waals surface area contributed by atoms with Gasteiger partial charge in [0.2, 0.25) is 0 Å². The van der Waals surface area contributed by atoms with E-state index in [4.69, 9.17) is 34.0 Å². The van der Waals surface area contributed by atoms with Crippen LogP contribution in [0.3, 0.4) is 0 Å². The summed E-state index contributed by atoms with van der Waals surface area (Å²) in [4.78, 5) is 53.9. The van der Waals surface area contributed by atoms with Crippen molar-refractivity contribution < 1.29 is 76.9 Å². The fourth-order valence-corrected chi connectivity index (χ4v) is 8.05. The van der Waals surface area contributed by atoms with E-state index in [0.29, 0.717) is 19.4 Å². The van der Waals surface area contributed by atoms with Crippen molar-refractivity contribution in [1.82, 2.24) is 0 Å². The Bertz CT molecular complexity index is 1130. The number of ether oxygens (including phenoxy) is 2. The maximum Gasteiger partial charge on any atom is 0.472 e. The van der Waals surface area contributed by atoms with Gasteiger partial charge in [0.25, 0.3) is 0 Å². The smallest absolute Gasteiger partial charge is 0.462 e. The van der Waals surface area contributed by atoms with Crippen molar-refractivity contribution in [3.63, 3.8) is 0 Å². The van der Waals surface area contributed by atoms with Crippen LogP contribution in [0.2, 0.25) is 0 Å². The molecule has 0 radical (unpaired) electrons. The molecule has 0 aromatic carbocycles. The van der Waals surface area contributed by atoms with Gasteiger partial charge in [0.05, 0.1) is 6.61 Å². The Balaban J connectivity index is 2.65. The van der Waals surface area contributed by atoms with E-state index >= 15 is 0 Å². The van der Waals surface area contributed by atoms with Gasteiger partial charge < -0.3 is 50.3 Å². The van der Waals surface area contributed by atoms with Gasteiger partial charge >= 0.3 is 27.6 Å². The summed E-state index contributed by atoms with van der Waals surface area (Å²) in [5.41, 5.74) is 5.52. The van der Waals surface area contributed by atoms with E-state index in [1.807, 2.05) is 0 Å². The summed E-state index contributed by atoms with van der Waals surface area (Å²) in [6.07, 6.45) is 9.00. The first-order valence-corrected chi connectivity index (χ1v) is 23.8. The third-order valence-corrected chi connectivity index (χ3v) is 11.3. The first-order valence-electron chi connectivity index (χ1n) is 20.8. The maximum absolute atomic E-state index is 12.9. The maximum atomic E-state index is 12.9. The van der Waals surface area contributed by atoms with E-state index in [2.05, 4.69) is 11.4 Å². The molecule has 19 heteroatoms. The Morgan fingerprint density at radius 1 is 0.554 bits per heavy atom. The Morgan fingerprint density at radius 2 is 0.964 bits per heavy atom. The SMILES string of the molecule is CCCCCCCCCCCCCCCC(=O)O[C@H](COC(=O)CCCCCCCCCCCN)COP(=O)(O)O[C@@H]1[C@H](O)[C@H](OP(=O)(O)O)[C@@H](O)[C@H](O)[C@H]1O. The lowest BCUT2D eigenvalue weighted by Gasteiger charge is -2.43. The number of carbonyl (C=O) groups is 2. The third kappa shape index (κ3) is 25.4. The van der Waals surface area contributed by atoms with E-state index in [-0.39, 0.29) is 12.8 Å². The fourth-order valence-electron chi connectivity index (χ4n) is 6.51. The number of unbranched alkanes of at least 4 members (excludes halogenated alkanes) is 20. The molecular weight excluding hydrogens is 776 g/mol. The second kappa shape index (κ2) is 30.9. The number of esters is 2. The van der Waals surface area contributed by atoms with E-state index in [0.717, 1.165) is 77.0 Å². The highest BCUT2D eigenvalue weighted by atomic mass is 31.2. The molecule has 0 saturated heterocycles. The van der Waals surface area contributed by atoms with Crippen molar-refractivity contribution in [2.45, 2.75) is 204 Å². The summed E-state index contributed by atoms with van der Waals surface area (Å²) in [7, 11) is -10.6. The molecule has 0 amide bonds. The summed E-state index contributed by atoms with van der Waals surface area (Å²) in [5, 5.41) is 41.0. The number of phosphoric acid groups is 2. The lowest BCUT2D eigenvalue weighted by Crippen LogP contribution is -2.64. The topological polar surface area (TPSA) is 282 Å². The lowest BCUT2D eigenvalue weighted by molar-refractivity contribution is -0.216. The number of nitrogens with two attached hydrogens (primary N) is 1. The van der Waals surface area contributed by atoms with Gasteiger partial charge in [0, 0.05) is 12.8 Å². The Labute approximate surface area is 333 Å². The van der Waals surface area contributed by atoms with Crippen molar-refractivity contribution in [3.05, 3.63) is 0 Å². The molecule has 9 N–H and O–H groups in total. The summed E-state index contributed by atoms with van der Waals surface area (Å²) < 4.78 is 49.1. The zero-order valence-electron chi connectivity index (χ0n) is 33.4. The molecule has 0 aliphatic heterocycles. The second-order valence-corrected chi connectivity index (χ2v) is 17.5. The Morgan fingerprint density at radius 3 is 1.41 bits per heavy atom. The number of aliphatic hydroxyl groups is 4. The molecule has 8 atom stereocenters. The van der Waals surface area contributed by atoms with Gasteiger partial charge in [-0.25, -0.2) is 9.13 Å². The molecule has 1 aliphatic rings. The number of rotatable bonds is 35. The second-order valence-electron chi connectivity index (χ2n) is 14.9. The van der Waals surface area contributed by atoms with E-state index < -0.39 is 83.5 Å². The number of aliphatic hydroxyl groups excluding tert-OH is 4. The monoisotopic (exact) mass is 849 g/mol. The summed E-state index contributed by atoms with van der Waals surface area (Å²) in [6, 6.07) is 0. The van der Waals surface area contributed by atoms with Crippen LogP contribution in [0.5, 0.6) is 0 Å². The van der Waals surface area contributed by atoms with Gasteiger partial charge in [-0.05, 0) is 25.8 Å². The molecule has 1 aliphatic carbocycles. The van der Waals surface area contributed by atoms with Crippen molar-refractivity contribution >= 4 is 27.6 Å². The predicted molar refractivity (Wildman–Crippen MR) is 208 cm³/mol. The first kappa shape index (κ1) is 53.0. The van der Waals surface area contributed by atoms with Gasteiger partial charge in [0.1, 0.15) is 43.2 Å². The highest BCUT2D eigenvalue weighted by Gasteiger charge is 2.54. The molecule has 1 fully saturated rings. The summed E-state index contributed by atoms with van der Waals surface area (Å²) in [6.45, 7) is 1.58. The number of carbonyl (C=O) groups excluding carboxylic acids is 2. The molecule has 56 heavy (non-hydrogen) atoms. The highest BCUT2D eigenvalue weighted by molar-refractivity contribution is 7.47. The van der Waals surface area contributed by atoms with Gasteiger partial charge in [0.15, 0.2) is 6.10 Å². The standard InChI is InChI=1S/C37H73NO16P2/c1-2-3-4-5-6-7-8-9-10-12-16-19-22-25-31(40)52-29(27-50-30(39)24-21-18-15-13-11-14-17-20-23-26-38)28-51-56(48,49)54-37-34(43)32(41)33(42)36(35(37)44)53-55(45,46)47/h29,32-37,41-44H,2-28,38H2,1H3,(H,48,49)(H2,45,46,47)/t29-,32+,33+,34-,35-,36-,37+/m1/s1. The molecule has 1 saturated carbocycles. The van der Waals surface area contributed by atoms with Gasteiger partial charge in [-0.15, -0.1) is 0 Å². The van der Waals surface area contributed by atoms with Gasteiger partial charge in [-0.2, -0.15) is 0 Å². The molecule has 0 bridgehead atoms. The minimum Gasteiger partial charge on any atom is -0.462 e. The molecule has 17 nitrogen and oxygen atoms in total. The van der Waals surface area contributed by atoms with Crippen LogP contribution in [-0.2, 0) is 41.8 Å². The summed E-state index contributed by atoms with van der Waals surface area (Å²) >= 11 is 0. The third-order valence-electron chi connectivity index (χ3n) is 9.78. The molecule has 332 valence electrons. The normalized spacial score (nSPS) is 23.1. The Kier molecular flexibility index (Phi) is 29.3. The van der Waals surface area contributed by atoms with Crippen LogP contribution >= 0.6 is 15.6 Å². The largest absolute Gasteiger partial charge is 0.472 e. The number of hydrogen-bond acceptors (Lipinski definition) is 14. The average molecular weight is 850 g/mol. The van der Waals surface area contributed by atoms with E-state index in [9.17, 15) is 44.0 Å². The summed E-state index contributed by atoms with van der Waals surface area (Å²) in [5.74, 6) is -1.22. The Hall–Kier alpha value is -1.04. The van der Waals surface area contributed by atoms with Crippen molar-refractivity contribution in [3.8, 4) is 0 Å². The molecule has 1 rings (SSSR count). The van der Waals surface area contributed by atoms with Crippen LogP contribution in [-0.4, -0.2) is 110 Å². The van der Waals surface area contributed by atoms with Crippen LogP contribution in [0, 0.1) is 0 Å². The predicted octanol–water partition coefficient (Wildman–Crippen LogP) is 5.22. The molecule has 0 heterocycles. The zero-order chi connectivity index (χ0) is 41.8. The van der Waals surface area contributed by atoms with Gasteiger partial charge in [-0.3, -0.25) is 23.2 Å². The molecule has 0 aromatic rings. The zero-order valence-corrected chi connectivity index (χ0v) is 35.2. The fraction of sp³-hybridized carbons (Fsp3) is 0.946. The first-order chi connectivity index (χ1) is 26.6. The van der Waals surface area contributed by atoms with Gasteiger partial charge in [-0.1, -0.05) is 129 Å². The van der Waals surface area contributed by atoms with Crippen LogP contribution < -0.4 is 5.73 Å². The minimum atomic E-state index is -5.36. The highest BCUT2D eigenvalue weighted by Crippen LogP contribution is 2.49. The van der Waals surface area contributed by atoms with Crippen molar-refractivity contribution in [2.75, 3.05) is 19.8 Å². The van der Waals surface area contributed by atoms with Crippen LogP contribution in [0.1, 0.15) is 161 Å².